The normalized spacial score (nSPS) is 18.5. The van der Waals surface area contributed by atoms with E-state index in [0.29, 0.717) is 31.8 Å². The van der Waals surface area contributed by atoms with Crippen molar-refractivity contribution >= 4 is 42.4 Å². The first-order valence-corrected chi connectivity index (χ1v) is 16.4. The third kappa shape index (κ3) is 11.8. The van der Waals surface area contributed by atoms with Gasteiger partial charge in [-0.05, 0) is 61.8 Å². The molecule has 0 spiro atoms. The number of benzene rings is 2. The Morgan fingerprint density at radius 1 is 1.12 bits per heavy atom. The van der Waals surface area contributed by atoms with Crippen LogP contribution in [0.2, 0.25) is 0 Å². The largest absolute Gasteiger partial charge is 0.491 e. The lowest BCUT2D eigenvalue weighted by atomic mass is 9.80. The van der Waals surface area contributed by atoms with Crippen molar-refractivity contribution in [3.8, 4) is 5.75 Å². The number of piperidine rings is 1. The number of allylic oxidation sites excluding steroid dienone is 2. The fraction of sp³-hybridized carbons (Fsp3) is 0.486. The number of nitrogens with zero attached hydrogens (tertiary/aromatic N) is 2. The number of hydroxylamine groups is 2. The Kier molecular flexibility index (Phi) is 16.9. The van der Waals surface area contributed by atoms with Crippen LogP contribution in [0.25, 0.3) is 0 Å². The number of nitro groups is 1. The molecule has 288 valence electrons. The average Bonchev–Trinajstić information content (AvgIpc) is 3.08. The fourth-order valence-electron chi connectivity index (χ4n) is 6.06. The molecule has 3 N–H and O–H groups in total. The smallest absolute Gasteiger partial charge is 0.431 e. The molecular weight excluding hydrogens is 732 g/mol. The number of dihydropyridines is 1. The van der Waals surface area contributed by atoms with E-state index in [2.05, 4.69) is 10.6 Å². The van der Waals surface area contributed by atoms with Gasteiger partial charge in [0.05, 0.1) is 29.1 Å². The van der Waals surface area contributed by atoms with Crippen LogP contribution in [0.3, 0.4) is 0 Å². The van der Waals surface area contributed by atoms with Gasteiger partial charge in [0.1, 0.15) is 24.2 Å². The van der Waals surface area contributed by atoms with Crippen LogP contribution >= 0.6 is 24.8 Å². The number of esters is 1. The van der Waals surface area contributed by atoms with Crippen molar-refractivity contribution in [2.45, 2.75) is 70.7 Å². The highest BCUT2D eigenvalue weighted by molar-refractivity contribution is 6.00. The summed E-state index contributed by atoms with van der Waals surface area (Å²) in [5.74, 6) is -3.22. The molecule has 4 rings (SSSR count). The first kappa shape index (κ1) is 44.3. The number of rotatable bonds is 14. The van der Waals surface area contributed by atoms with Crippen LogP contribution in [0.1, 0.15) is 57.1 Å². The third-order valence-electron chi connectivity index (χ3n) is 8.55. The van der Waals surface area contributed by atoms with E-state index in [1.54, 1.807) is 0 Å². The molecule has 52 heavy (non-hydrogen) atoms. The molecule has 0 bridgehead atoms. The number of carbonyl (C=O) groups is 2. The van der Waals surface area contributed by atoms with E-state index < -0.39 is 52.0 Å². The highest BCUT2D eigenvalue weighted by Crippen LogP contribution is 2.44. The second kappa shape index (κ2) is 19.8. The molecule has 3 unspecified atom stereocenters. The van der Waals surface area contributed by atoms with Crippen molar-refractivity contribution in [2.24, 2.45) is 5.92 Å². The van der Waals surface area contributed by atoms with Gasteiger partial charge in [0, 0.05) is 43.5 Å². The van der Waals surface area contributed by atoms with E-state index in [1.165, 1.54) is 24.1 Å². The van der Waals surface area contributed by atoms with Crippen LogP contribution in [0.4, 0.5) is 18.9 Å². The van der Waals surface area contributed by atoms with Crippen molar-refractivity contribution < 1.29 is 47.1 Å². The number of aliphatic hydroxyl groups is 1. The molecule has 2 aliphatic rings. The average molecular weight is 778 g/mol. The molecule has 0 radical (unpaired) electrons. The van der Waals surface area contributed by atoms with Gasteiger partial charge >= 0.3 is 18.1 Å². The number of nitro benzene ring substituents is 1. The summed E-state index contributed by atoms with van der Waals surface area (Å²) >= 11 is 0. The lowest BCUT2D eigenvalue weighted by molar-refractivity contribution is -0.384. The highest BCUT2D eigenvalue weighted by Gasteiger charge is 2.48. The number of non-ortho nitro benzene ring substituents is 1. The van der Waals surface area contributed by atoms with Crippen molar-refractivity contribution in [1.82, 2.24) is 15.7 Å². The highest BCUT2D eigenvalue weighted by atomic mass is 35.5. The predicted molar refractivity (Wildman–Crippen MR) is 191 cm³/mol. The summed E-state index contributed by atoms with van der Waals surface area (Å²) in [6.07, 6.45) is -2.58. The monoisotopic (exact) mass is 776 g/mol. The molecule has 12 nitrogen and oxygen atoms in total. The number of hydrogen-bond acceptors (Lipinski definition) is 11. The molecule has 3 atom stereocenters. The summed E-state index contributed by atoms with van der Waals surface area (Å²) in [5.41, 5.74) is -2.29. The lowest BCUT2D eigenvalue weighted by Crippen LogP contribution is -2.41. The standard InChI is InChI=1S/C35H43F3N4O8.2ClH/c1-21(2)39-18-27(43)20-49-28-14-12-23(13-15-28)10-11-24-7-6-16-41(19-24)50-34(45)29-22(3)40-32(35(36,37)38)31(33(44)48-4)30(29)25-8-5-9-26(17-25)42(46)47;;/h5,8-9,12-15,17,21,24,27,30,39-40,43H,6-7,10-11,16,18-20H2,1-4H3;2*1H. The number of aliphatic hydroxyl groups excluding tert-OH is 1. The maximum Gasteiger partial charge on any atom is 0.431 e. The van der Waals surface area contributed by atoms with E-state index >= 15 is 0 Å². The van der Waals surface area contributed by atoms with E-state index in [0.717, 1.165) is 44.1 Å². The second-order valence-corrected chi connectivity index (χ2v) is 12.7. The number of aryl methyl sites for hydroxylation is 1. The number of hydrogen-bond donors (Lipinski definition) is 3. The topological polar surface area (TPSA) is 152 Å². The number of methoxy groups -OCH3 is 1. The van der Waals surface area contributed by atoms with Gasteiger partial charge < -0.3 is 30.1 Å². The van der Waals surface area contributed by atoms with Gasteiger partial charge in [0.2, 0.25) is 0 Å². The van der Waals surface area contributed by atoms with Gasteiger partial charge in [-0.2, -0.15) is 13.2 Å². The first-order chi connectivity index (χ1) is 23.7. The molecule has 1 saturated heterocycles. The second-order valence-electron chi connectivity index (χ2n) is 12.7. The summed E-state index contributed by atoms with van der Waals surface area (Å²) in [6.45, 7) is 6.61. The summed E-state index contributed by atoms with van der Waals surface area (Å²) < 4.78 is 53.1. The van der Waals surface area contributed by atoms with Crippen LogP contribution in [0.15, 0.2) is 71.1 Å². The Hall–Kier alpha value is -3.89. The molecule has 17 heteroatoms. The number of ether oxygens (including phenoxy) is 2. The van der Waals surface area contributed by atoms with E-state index in [1.807, 2.05) is 38.1 Å². The zero-order valence-corrected chi connectivity index (χ0v) is 30.9. The summed E-state index contributed by atoms with van der Waals surface area (Å²) in [5, 5.41) is 28.4. The van der Waals surface area contributed by atoms with Crippen LogP contribution in [0.5, 0.6) is 5.75 Å². The first-order valence-electron chi connectivity index (χ1n) is 16.4. The minimum absolute atomic E-state index is 0. The van der Waals surface area contributed by atoms with E-state index in [4.69, 9.17) is 14.3 Å². The number of alkyl halides is 3. The van der Waals surface area contributed by atoms with Crippen molar-refractivity contribution in [1.29, 1.82) is 0 Å². The Balaban J connectivity index is 0.00000468. The SMILES string of the molecule is COC(=O)C1=C(C(F)(F)F)NC(C)=C(C(=O)ON2CCCC(CCc3ccc(OCC(O)CNC(C)C)cc3)C2)C1c1cccc([N+](=O)[O-])c1.Cl.Cl. The predicted octanol–water partition coefficient (Wildman–Crippen LogP) is 5.93. The zero-order valence-electron chi connectivity index (χ0n) is 29.2. The number of nitrogens with one attached hydrogen (secondary N) is 2. The minimum Gasteiger partial charge on any atom is -0.491 e. The number of halogens is 5. The maximum absolute atomic E-state index is 14.2. The Bertz CT molecular complexity index is 1610. The summed E-state index contributed by atoms with van der Waals surface area (Å²) in [6, 6.07) is 12.6. The molecule has 0 aromatic heterocycles. The minimum atomic E-state index is -5.04. The van der Waals surface area contributed by atoms with Gasteiger partial charge in [-0.3, -0.25) is 10.1 Å². The molecule has 0 saturated carbocycles. The summed E-state index contributed by atoms with van der Waals surface area (Å²) in [4.78, 5) is 43.2. The Morgan fingerprint density at radius 2 is 1.81 bits per heavy atom. The molecule has 1 fully saturated rings. The molecular formula is C35H45Cl2F3N4O8. The van der Waals surface area contributed by atoms with Gasteiger partial charge in [0.15, 0.2) is 0 Å². The Morgan fingerprint density at radius 3 is 2.42 bits per heavy atom. The van der Waals surface area contributed by atoms with Crippen molar-refractivity contribution in [3.63, 3.8) is 0 Å². The molecule has 0 amide bonds. The number of carbonyl (C=O) groups excluding carboxylic acids is 2. The molecule has 2 aromatic carbocycles. The molecule has 2 aromatic rings. The van der Waals surface area contributed by atoms with Crippen LogP contribution in [-0.2, 0) is 25.6 Å². The molecule has 2 heterocycles. The lowest BCUT2D eigenvalue weighted by Gasteiger charge is -2.34. The van der Waals surface area contributed by atoms with Crippen molar-refractivity contribution in [3.05, 3.63) is 92.3 Å². The van der Waals surface area contributed by atoms with Gasteiger partial charge in [-0.15, -0.1) is 29.9 Å². The fourth-order valence-corrected chi connectivity index (χ4v) is 6.06. The quantitative estimate of drug-likeness (QED) is 0.119. The molecule has 2 aliphatic heterocycles. The third-order valence-corrected chi connectivity index (χ3v) is 8.55. The van der Waals surface area contributed by atoms with Gasteiger partial charge in [-0.25, -0.2) is 9.59 Å². The van der Waals surface area contributed by atoms with E-state index in [-0.39, 0.29) is 60.2 Å². The van der Waals surface area contributed by atoms with E-state index in [9.17, 15) is 38.0 Å². The summed E-state index contributed by atoms with van der Waals surface area (Å²) in [7, 11) is 0.909. The van der Waals surface area contributed by atoms with Gasteiger partial charge in [-0.1, -0.05) is 38.1 Å². The van der Waals surface area contributed by atoms with Crippen LogP contribution < -0.4 is 15.4 Å². The molecule has 0 aliphatic carbocycles. The van der Waals surface area contributed by atoms with Crippen LogP contribution in [0, 0.1) is 16.0 Å². The zero-order chi connectivity index (χ0) is 36.6. The Labute approximate surface area is 312 Å². The maximum atomic E-state index is 14.2. The van der Waals surface area contributed by atoms with Crippen molar-refractivity contribution in [2.75, 3.05) is 33.4 Å². The van der Waals surface area contributed by atoms with Gasteiger partial charge in [0.25, 0.3) is 5.69 Å². The van der Waals surface area contributed by atoms with Crippen LogP contribution in [-0.4, -0.2) is 78.7 Å².